The van der Waals surface area contributed by atoms with E-state index in [9.17, 15) is 0 Å². The maximum absolute atomic E-state index is 6.00. The van der Waals surface area contributed by atoms with Crippen LogP contribution < -0.4 is 0 Å². The van der Waals surface area contributed by atoms with E-state index in [1.807, 2.05) is 0 Å². The van der Waals surface area contributed by atoms with Crippen molar-refractivity contribution >= 4 is 0 Å². The second-order valence-corrected chi connectivity index (χ2v) is 0. The van der Waals surface area contributed by atoms with Crippen LogP contribution in [0.4, 0.5) is 0 Å². The third-order valence-electron chi connectivity index (χ3n) is 0. The van der Waals surface area contributed by atoms with E-state index in [2.05, 4.69) is 0 Å². The standard InChI is InChI=1S/48CH4.N2.No/c;;;;;;;;;;;;;;;;;;;;;;;;;;;;;;;;;;;;;;;;;;;;;;;;1-2;/h48*1H4;;. The molecule has 0 saturated heterocycles. The predicted molar refractivity (Wildman–Crippen MR) is 327 cm³/mol. The Balaban J connectivity index is -0.00000000000425. The van der Waals surface area contributed by atoms with Crippen LogP contribution in [0.2, 0.25) is 0 Å². The minimum atomic E-state index is 0. The minimum absolute atomic E-state index is 0. The van der Waals surface area contributed by atoms with Gasteiger partial charge in [-0.1, -0.05) is 356 Å². The van der Waals surface area contributed by atoms with Crippen molar-refractivity contribution in [3.8, 4) is 0 Å². The molecule has 0 bridgehead atoms. The summed E-state index contributed by atoms with van der Waals surface area (Å²) in [6, 6.07) is 0. The Hall–Kier alpha value is -1.58. The summed E-state index contributed by atoms with van der Waals surface area (Å²) < 4.78 is 0. The zero-order chi connectivity index (χ0) is 2.00. The predicted octanol–water partition coefficient (Wildman–Crippen LogP) is 30.6. The van der Waals surface area contributed by atoms with Gasteiger partial charge < -0.3 is 0 Å². The summed E-state index contributed by atoms with van der Waals surface area (Å²) in [6.07, 6.45) is 0. The van der Waals surface area contributed by atoms with E-state index in [1.165, 1.54) is 0 Å². The Morgan fingerprint density at radius 1 is 0.0784 bits per heavy atom. The topological polar surface area (TPSA) is 47.6 Å². The molecule has 0 radical (unpaired) electrons. The molecule has 0 aromatic rings. The van der Waals surface area contributed by atoms with Gasteiger partial charge in [-0.15, -0.1) is 0 Å². The number of rotatable bonds is 0. The van der Waals surface area contributed by atoms with Gasteiger partial charge in [0.15, 0.2) is 0 Å². The first-order valence-corrected chi connectivity index (χ1v) is 0.200. The molecule has 408 valence electrons. The van der Waals surface area contributed by atoms with E-state index in [4.69, 9.17) is 10.8 Å². The first-order valence-electron chi connectivity index (χ1n) is 0.200. The Labute approximate surface area is 366 Å². The molecule has 0 aromatic carbocycles. The van der Waals surface area contributed by atoms with Gasteiger partial charge in [-0.3, -0.25) is 0 Å². The first-order chi connectivity index (χ1) is 1.00. The van der Waals surface area contributed by atoms with Gasteiger partial charge in [-0.05, 0) is 0 Å². The van der Waals surface area contributed by atoms with Crippen LogP contribution in [-0.2, 0) is 0 Å². The summed E-state index contributed by atoms with van der Waals surface area (Å²) >= 11 is 0. The quantitative estimate of drug-likeness (QED) is 0.227. The van der Waals surface area contributed by atoms with E-state index in [0.717, 1.165) is 0 Å². The van der Waals surface area contributed by atoms with E-state index in [0.29, 0.717) is 0 Å². The zero-order valence-electron chi connectivity index (χ0n) is 1.16. The normalized spacial score (nSPS) is 0.0392. The van der Waals surface area contributed by atoms with Crippen molar-refractivity contribution in [2.24, 2.45) is 0 Å². The van der Waals surface area contributed by atoms with Crippen LogP contribution in [-0.4, -0.2) is 0 Å². The number of nitrogens with zero attached hydrogens (tertiary/aromatic N) is 2. The summed E-state index contributed by atoms with van der Waals surface area (Å²) in [7, 11) is 0. The molecule has 0 fully saturated rings. The van der Waals surface area contributed by atoms with Crippen molar-refractivity contribution in [2.45, 2.75) is 356 Å². The van der Waals surface area contributed by atoms with Gasteiger partial charge in [0.25, 0.3) is 0 Å². The molecule has 3 heteroatoms. The largest absolute Gasteiger partial charge is 0.0776 e. The fourth-order valence-electron chi connectivity index (χ4n) is 0. The van der Waals surface area contributed by atoms with Crippen molar-refractivity contribution in [1.82, 2.24) is 0 Å². The molecule has 0 aliphatic heterocycles. The van der Waals surface area contributed by atoms with Crippen molar-refractivity contribution < 1.29 is 0 Å². The van der Waals surface area contributed by atoms with Crippen LogP contribution >= 0.6 is 0 Å². The molecule has 0 amide bonds. The first kappa shape index (κ1) is 344000. The smallest absolute Gasteiger partial charge is 0 e. The molecule has 0 unspecified atom stereocenters. The molecule has 0 aromatic heterocycles. The van der Waals surface area contributed by atoms with Gasteiger partial charge in [0.05, 0.1) is 0 Å². The van der Waals surface area contributed by atoms with Crippen molar-refractivity contribution in [1.29, 1.82) is 10.8 Å². The monoisotopic (exact) mass is 1060 g/mol. The van der Waals surface area contributed by atoms with Crippen molar-refractivity contribution in [2.75, 3.05) is 0 Å². The van der Waals surface area contributed by atoms with Gasteiger partial charge in [0.2, 0.25) is 0 Å². The number of hydrogen-bond donors (Lipinski definition) is 0. The Bertz CT molecular complexity index is 24.0. The van der Waals surface area contributed by atoms with Crippen LogP contribution in [0.5, 0.6) is 0 Å². The molecule has 0 N–H and O–H groups in total. The molecule has 0 rings (SSSR count). The summed E-state index contributed by atoms with van der Waals surface area (Å²) in [5, 5.41) is 12.0. The molecule has 0 saturated carbocycles. The Morgan fingerprint density at radius 2 is 0.0784 bits per heavy atom. The molecule has 0 aliphatic carbocycles. The molecule has 51 heavy (non-hydrogen) atoms. The molecule has 2 nitrogen and oxygen atoms in total. The van der Waals surface area contributed by atoms with Crippen LogP contribution in [0.15, 0.2) is 0 Å². The fraction of sp³-hybridized carbons (Fsp3) is 1.00. The molecule has 0 atom stereocenters. The maximum Gasteiger partial charge on any atom is 0 e. The summed E-state index contributed by atoms with van der Waals surface area (Å²) in [5.41, 5.74) is 0. The molecule has 0 spiro atoms. The average molecular weight is 1060 g/mol. The van der Waals surface area contributed by atoms with Gasteiger partial charge >= 0.3 is 0 Å². The maximum atomic E-state index is 6.00. The van der Waals surface area contributed by atoms with Crippen molar-refractivity contribution in [3.63, 3.8) is 0 Å². The zero-order valence-corrected chi connectivity index (χ0v) is 3.39. The van der Waals surface area contributed by atoms with Crippen LogP contribution in [0.3, 0.4) is 0 Å². The fourth-order valence-corrected chi connectivity index (χ4v) is 0. The minimum Gasteiger partial charge on any atom is -0.0776 e. The number of hydrogen-bond acceptors (Lipinski definition) is 2. The summed E-state index contributed by atoms with van der Waals surface area (Å²) in [6.45, 7) is 0. The van der Waals surface area contributed by atoms with Crippen LogP contribution in [0.1, 0.15) is 356 Å². The van der Waals surface area contributed by atoms with Crippen LogP contribution in [0.25, 0.3) is 0 Å². The Morgan fingerprint density at radius 3 is 0.0784 bits per heavy atom. The van der Waals surface area contributed by atoms with Gasteiger partial charge in [0, 0.05) is 10.8 Å². The van der Waals surface area contributed by atoms with E-state index in [1.54, 1.807) is 0 Å². The third kappa shape index (κ3) is 41800. The SMILES string of the molecule is C.C.C.C.C.C.C.C.C.C.C.C.C.C.C.C.C.C.C.C.C.C.C.C.C.C.C.C.C.C.C.C.C.C.C.C.C.C.C.C.C.C.C.C.C.C.C.C.N#N.[No]. The van der Waals surface area contributed by atoms with Crippen LogP contribution in [0, 0.1) is 10.8 Å². The second kappa shape index (κ2) is 43600. The van der Waals surface area contributed by atoms with E-state index >= 15 is 0 Å². The van der Waals surface area contributed by atoms with Gasteiger partial charge in [-0.2, -0.15) is 0 Å². The summed E-state index contributed by atoms with van der Waals surface area (Å²) in [4.78, 5) is 0. The molecule has 0 aliphatic rings. The van der Waals surface area contributed by atoms with E-state index < -0.39 is 0 Å². The summed E-state index contributed by atoms with van der Waals surface area (Å²) in [5.74, 6) is 0. The molecule has 0 heterocycles. The van der Waals surface area contributed by atoms with Gasteiger partial charge in [0.1, 0.15) is 0 Å². The average Bonchev–Trinajstić information content (AvgIpc) is 1.00. The van der Waals surface area contributed by atoms with Crippen molar-refractivity contribution in [3.05, 3.63) is 0 Å². The third-order valence-corrected chi connectivity index (χ3v) is 0. The molecular formula is C48H192N2No. The second-order valence-electron chi connectivity index (χ2n) is 0. The van der Waals surface area contributed by atoms with Gasteiger partial charge in [-0.25, -0.2) is 0 Å². The molecular weight excluding hydrogens is 864 g/mol. The Kier molecular flexibility index (Phi) is 295000000. The van der Waals surface area contributed by atoms with E-state index in [-0.39, 0.29) is 356 Å².